The molecule has 0 aromatic carbocycles. The van der Waals surface area contributed by atoms with Crippen LogP contribution in [0.15, 0.2) is 12.2 Å². The zero-order valence-corrected chi connectivity index (χ0v) is 10.8. The summed E-state index contributed by atoms with van der Waals surface area (Å²) >= 11 is 0. The zero-order chi connectivity index (χ0) is 13.1. The minimum absolute atomic E-state index is 0.0401. The molecule has 1 amide bonds. The van der Waals surface area contributed by atoms with Crippen LogP contribution in [0.2, 0.25) is 0 Å². The van der Waals surface area contributed by atoms with Crippen molar-refractivity contribution in [2.45, 2.75) is 32.6 Å². The summed E-state index contributed by atoms with van der Waals surface area (Å²) < 4.78 is 0. The van der Waals surface area contributed by atoms with Crippen LogP contribution in [0.25, 0.3) is 0 Å². The van der Waals surface area contributed by atoms with Crippen LogP contribution in [0, 0.1) is 17.8 Å². The number of amides is 1. The van der Waals surface area contributed by atoms with Gasteiger partial charge >= 0.3 is 5.97 Å². The summed E-state index contributed by atoms with van der Waals surface area (Å²) in [5.41, 5.74) is 0. The number of nitrogens with zero attached hydrogens (tertiary/aromatic N) is 1. The molecular formula is C14H21NO3. The summed E-state index contributed by atoms with van der Waals surface area (Å²) in [6, 6.07) is 0. The van der Waals surface area contributed by atoms with E-state index < -0.39 is 11.9 Å². The van der Waals surface area contributed by atoms with Gasteiger partial charge in [-0.3, -0.25) is 9.59 Å². The first-order valence-electron chi connectivity index (χ1n) is 6.76. The summed E-state index contributed by atoms with van der Waals surface area (Å²) in [6.45, 7) is 3.72. The second kappa shape index (κ2) is 5.55. The van der Waals surface area contributed by atoms with Crippen LogP contribution in [0.1, 0.15) is 32.6 Å². The summed E-state index contributed by atoms with van der Waals surface area (Å²) in [5, 5.41) is 9.20. The van der Waals surface area contributed by atoms with Crippen molar-refractivity contribution >= 4 is 11.9 Å². The lowest BCUT2D eigenvalue weighted by molar-refractivity contribution is -0.151. The Bertz CT molecular complexity index is 364. The second-order valence-corrected chi connectivity index (χ2v) is 5.53. The average Bonchev–Trinajstić information content (AvgIpc) is 2.38. The third-order valence-electron chi connectivity index (χ3n) is 4.04. The van der Waals surface area contributed by atoms with E-state index in [0.29, 0.717) is 18.8 Å². The van der Waals surface area contributed by atoms with Crippen LogP contribution in [-0.4, -0.2) is 35.0 Å². The molecule has 0 aromatic rings. The molecule has 0 unspecified atom stereocenters. The molecular weight excluding hydrogens is 230 g/mol. The first-order valence-corrected chi connectivity index (χ1v) is 6.76. The Hall–Kier alpha value is -1.32. The minimum Gasteiger partial charge on any atom is -0.481 e. The number of rotatable bonds is 2. The smallest absolute Gasteiger partial charge is 0.307 e. The highest BCUT2D eigenvalue weighted by Crippen LogP contribution is 2.29. The summed E-state index contributed by atoms with van der Waals surface area (Å²) in [6.07, 6.45) is 7.07. The fourth-order valence-electron chi connectivity index (χ4n) is 2.98. The van der Waals surface area contributed by atoms with E-state index in [9.17, 15) is 14.7 Å². The number of hydrogen-bond acceptors (Lipinski definition) is 2. The van der Waals surface area contributed by atoms with Crippen molar-refractivity contribution in [3.8, 4) is 0 Å². The highest BCUT2D eigenvalue weighted by molar-refractivity contribution is 5.85. The highest BCUT2D eigenvalue weighted by Gasteiger charge is 2.37. The van der Waals surface area contributed by atoms with E-state index in [1.807, 2.05) is 17.1 Å². The number of hydrogen-bond donors (Lipinski definition) is 1. The molecule has 1 fully saturated rings. The van der Waals surface area contributed by atoms with Crippen LogP contribution >= 0.6 is 0 Å². The number of carbonyl (C=O) groups is 2. The minimum atomic E-state index is -0.845. The van der Waals surface area contributed by atoms with Gasteiger partial charge in [0, 0.05) is 13.1 Å². The van der Waals surface area contributed by atoms with E-state index >= 15 is 0 Å². The van der Waals surface area contributed by atoms with E-state index in [1.54, 1.807) is 0 Å². The lowest BCUT2D eigenvalue weighted by atomic mass is 9.81. The molecule has 0 spiro atoms. The standard InChI is InChI=1S/C14H21NO3/c1-10-5-4-8-15(9-10)13(16)11-6-2-3-7-12(11)14(17)18/h2-3,10-12H,4-9H2,1H3,(H,17,18)/t10-,11+,12-/m0/s1. The van der Waals surface area contributed by atoms with E-state index in [0.717, 1.165) is 25.9 Å². The van der Waals surface area contributed by atoms with Gasteiger partial charge in [0.2, 0.25) is 5.91 Å². The number of allylic oxidation sites excluding steroid dienone is 2. The van der Waals surface area contributed by atoms with Gasteiger partial charge in [-0.25, -0.2) is 0 Å². The van der Waals surface area contributed by atoms with Crippen molar-refractivity contribution in [3.63, 3.8) is 0 Å². The van der Waals surface area contributed by atoms with Gasteiger partial charge in [-0.1, -0.05) is 19.1 Å². The van der Waals surface area contributed by atoms with Gasteiger partial charge in [-0.15, -0.1) is 0 Å². The zero-order valence-electron chi connectivity index (χ0n) is 10.8. The number of carboxylic acids is 1. The first kappa shape index (κ1) is 13.1. The predicted octanol–water partition coefficient (Wildman–Crippen LogP) is 1.91. The third-order valence-corrected chi connectivity index (χ3v) is 4.04. The SMILES string of the molecule is C[C@H]1CCCN(C(=O)[C@@H]2CC=CC[C@@H]2C(=O)O)C1. The molecule has 0 aromatic heterocycles. The van der Waals surface area contributed by atoms with Crippen molar-refractivity contribution in [2.24, 2.45) is 17.8 Å². The molecule has 0 radical (unpaired) electrons. The van der Waals surface area contributed by atoms with Crippen LogP contribution in [0.3, 0.4) is 0 Å². The van der Waals surface area contributed by atoms with Gasteiger partial charge in [-0.05, 0) is 31.6 Å². The fourth-order valence-corrected chi connectivity index (χ4v) is 2.98. The van der Waals surface area contributed by atoms with Crippen molar-refractivity contribution in [2.75, 3.05) is 13.1 Å². The van der Waals surface area contributed by atoms with Crippen molar-refractivity contribution in [1.29, 1.82) is 0 Å². The molecule has 1 aliphatic heterocycles. The second-order valence-electron chi connectivity index (χ2n) is 5.53. The van der Waals surface area contributed by atoms with Gasteiger partial charge in [-0.2, -0.15) is 0 Å². The van der Waals surface area contributed by atoms with Crippen LogP contribution in [-0.2, 0) is 9.59 Å². The molecule has 1 aliphatic carbocycles. The fraction of sp³-hybridized carbons (Fsp3) is 0.714. The predicted molar refractivity (Wildman–Crippen MR) is 68.0 cm³/mol. The number of carboxylic acid groups (broad SMARTS) is 1. The molecule has 0 saturated carbocycles. The van der Waals surface area contributed by atoms with Gasteiger partial charge in [0.15, 0.2) is 0 Å². The first-order chi connectivity index (χ1) is 8.59. The molecule has 1 heterocycles. The molecule has 0 bridgehead atoms. The molecule has 18 heavy (non-hydrogen) atoms. The molecule has 2 rings (SSSR count). The Balaban J connectivity index is 2.06. The van der Waals surface area contributed by atoms with Crippen molar-refractivity contribution in [1.82, 2.24) is 4.90 Å². The molecule has 3 atom stereocenters. The van der Waals surface area contributed by atoms with E-state index in [-0.39, 0.29) is 11.8 Å². The number of likely N-dealkylation sites (tertiary alicyclic amines) is 1. The van der Waals surface area contributed by atoms with Crippen molar-refractivity contribution in [3.05, 3.63) is 12.2 Å². The maximum atomic E-state index is 12.4. The highest BCUT2D eigenvalue weighted by atomic mass is 16.4. The lowest BCUT2D eigenvalue weighted by Crippen LogP contribution is -2.45. The monoisotopic (exact) mass is 251 g/mol. The topological polar surface area (TPSA) is 57.6 Å². The summed E-state index contributed by atoms with van der Waals surface area (Å²) in [5.74, 6) is -1.18. The van der Waals surface area contributed by atoms with Gasteiger partial charge in [0.05, 0.1) is 11.8 Å². The van der Waals surface area contributed by atoms with Gasteiger partial charge in [0.1, 0.15) is 0 Å². The van der Waals surface area contributed by atoms with E-state index in [1.165, 1.54) is 0 Å². The van der Waals surface area contributed by atoms with Crippen LogP contribution < -0.4 is 0 Å². The summed E-state index contributed by atoms with van der Waals surface area (Å²) in [7, 11) is 0. The maximum Gasteiger partial charge on any atom is 0.307 e. The molecule has 4 nitrogen and oxygen atoms in total. The Kier molecular flexibility index (Phi) is 4.04. The maximum absolute atomic E-state index is 12.4. The van der Waals surface area contributed by atoms with Gasteiger partial charge < -0.3 is 10.0 Å². The molecule has 100 valence electrons. The third kappa shape index (κ3) is 2.74. The van der Waals surface area contributed by atoms with Crippen LogP contribution in [0.5, 0.6) is 0 Å². The van der Waals surface area contributed by atoms with Crippen molar-refractivity contribution < 1.29 is 14.7 Å². The van der Waals surface area contributed by atoms with Crippen LogP contribution in [0.4, 0.5) is 0 Å². The normalized spacial score (nSPS) is 32.3. The molecule has 2 aliphatic rings. The number of carbonyl (C=O) groups excluding carboxylic acids is 1. The van der Waals surface area contributed by atoms with E-state index in [4.69, 9.17) is 0 Å². The average molecular weight is 251 g/mol. The van der Waals surface area contributed by atoms with E-state index in [2.05, 4.69) is 6.92 Å². The molecule has 1 N–H and O–H groups in total. The Morgan fingerprint density at radius 3 is 2.50 bits per heavy atom. The molecule has 4 heteroatoms. The molecule has 1 saturated heterocycles. The van der Waals surface area contributed by atoms with Gasteiger partial charge in [0.25, 0.3) is 0 Å². The Morgan fingerprint density at radius 2 is 1.89 bits per heavy atom. The Morgan fingerprint density at radius 1 is 1.22 bits per heavy atom. The summed E-state index contributed by atoms with van der Waals surface area (Å²) in [4.78, 5) is 25.5. The number of piperidine rings is 1. The Labute approximate surface area is 108 Å². The quantitative estimate of drug-likeness (QED) is 0.763. The lowest BCUT2D eigenvalue weighted by Gasteiger charge is -2.35. The number of aliphatic carboxylic acids is 1. The largest absolute Gasteiger partial charge is 0.481 e.